The molecular formula is C9H17N5O. The van der Waals surface area contributed by atoms with Gasteiger partial charge in [-0.05, 0) is 12.0 Å². The van der Waals surface area contributed by atoms with Crippen LogP contribution in [-0.2, 0) is 11.3 Å². The van der Waals surface area contributed by atoms with Crippen LogP contribution in [0.25, 0.3) is 0 Å². The quantitative estimate of drug-likeness (QED) is 0.746. The Hall–Kier alpha value is -1.43. The molecule has 0 saturated heterocycles. The molecular weight excluding hydrogens is 194 g/mol. The standard InChI is InChI=1S/C9H17N5O/c1-7(15)11-8-4-14(13-12-8)6-9(2,3)5-10/h4H,5-6,10H2,1-3H3,(H,11,15). The maximum atomic E-state index is 10.8. The summed E-state index contributed by atoms with van der Waals surface area (Å²) in [6.45, 7) is 6.78. The Morgan fingerprint density at radius 3 is 2.87 bits per heavy atom. The van der Waals surface area contributed by atoms with Gasteiger partial charge in [0.1, 0.15) is 0 Å². The highest BCUT2D eigenvalue weighted by atomic mass is 16.1. The van der Waals surface area contributed by atoms with Crippen molar-refractivity contribution in [1.29, 1.82) is 0 Å². The monoisotopic (exact) mass is 211 g/mol. The lowest BCUT2D eigenvalue weighted by Gasteiger charge is -2.21. The third-order valence-electron chi connectivity index (χ3n) is 1.99. The third kappa shape index (κ3) is 3.67. The van der Waals surface area contributed by atoms with Crippen LogP contribution in [0.1, 0.15) is 20.8 Å². The summed E-state index contributed by atoms with van der Waals surface area (Å²) in [7, 11) is 0. The number of nitrogens with one attached hydrogen (secondary N) is 1. The highest BCUT2D eigenvalue weighted by Crippen LogP contribution is 2.15. The molecule has 0 aliphatic heterocycles. The van der Waals surface area contributed by atoms with Crippen molar-refractivity contribution in [3.63, 3.8) is 0 Å². The van der Waals surface area contributed by atoms with Gasteiger partial charge in [-0.15, -0.1) is 5.10 Å². The normalized spacial score (nSPS) is 11.5. The zero-order valence-electron chi connectivity index (χ0n) is 9.32. The van der Waals surface area contributed by atoms with Crippen LogP contribution in [0.15, 0.2) is 6.20 Å². The molecule has 0 aromatic carbocycles. The number of anilines is 1. The average Bonchev–Trinajstić information content (AvgIpc) is 2.50. The summed E-state index contributed by atoms with van der Waals surface area (Å²) in [4.78, 5) is 10.8. The lowest BCUT2D eigenvalue weighted by Crippen LogP contribution is -2.29. The van der Waals surface area contributed by atoms with Gasteiger partial charge in [0.25, 0.3) is 0 Å². The molecule has 0 spiro atoms. The fourth-order valence-corrected chi connectivity index (χ4v) is 1.12. The van der Waals surface area contributed by atoms with Crippen molar-refractivity contribution in [1.82, 2.24) is 15.0 Å². The minimum Gasteiger partial charge on any atom is -0.330 e. The van der Waals surface area contributed by atoms with Crippen LogP contribution >= 0.6 is 0 Å². The van der Waals surface area contributed by atoms with E-state index in [1.54, 1.807) is 10.9 Å². The van der Waals surface area contributed by atoms with E-state index in [9.17, 15) is 4.79 Å². The first kappa shape index (κ1) is 11.6. The Balaban J connectivity index is 2.64. The molecule has 15 heavy (non-hydrogen) atoms. The molecule has 6 nitrogen and oxygen atoms in total. The molecule has 84 valence electrons. The highest BCUT2D eigenvalue weighted by Gasteiger charge is 2.17. The van der Waals surface area contributed by atoms with E-state index in [0.29, 0.717) is 18.9 Å². The zero-order chi connectivity index (χ0) is 11.5. The van der Waals surface area contributed by atoms with E-state index in [-0.39, 0.29) is 11.3 Å². The molecule has 0 unspecified atom stereocenters. The Morgan fingerprint density at radius 2 is 2.33 bits per heavy atom. The second kappa shape index (κ2) is 4.39. The summed E-state index contributed by atoms with van der Waals surface area (Å²) in [5.41, 5.74) is 5.58. The van der Waals surface area contributed by atoms with E-state index in [2.05, 4.69) is 15.6 Å². The number of rotatable bonds is 4. The molecule has 3 N–H and O–H groups in total. The van der Waals surface area contributed by atoms with Crippen molar-refractivity contribution < 1.29 is 4.79 Å². The second-order valence-electron chi connectivity index (χ2n) is 4.35. The number of nitrogens with zero attached hydrogens (tertiary/aromatic N) is 3. The molecule has 1 aromatic rings. The van der Waals surface area contributed by atoms with Gasteiger partial charge in [0.05, 0.1) is 6.20 Å². The van der Waals surface area contributed by atoms with Gasteiger partial charge in [-0.3, -0.25) is 4.79 Å². The molecule has 1 aromatic heterocycles. The lowest BCUT2D eigenvalue weighted by molar-refractivity contribution is -0.114. The molecule has 0 aliphatic carbocycles. The summed E-state index contributed by atoms with van der Waals surface area (Å²) in [6.07, 6.45) is 1.69. The van der Waals surface area contributed by atoms with E-state index < -0.39 is 0 Å². The summed E-state index contributed by atoms with van der Waals surface area (Å²) in [5, 5.41) is 10.3. The van der Waals surface area contributed by atoms with E-state index in [1.807, 2.05) is 13.8 Å². The Bertz CT molecular complexity index is 344. The number of nitrogens with two attached hydrogens (primary N) is 1. The maximum absolute atomic E-state index is 10.8. The molecule has 0 atom stereocenters. The van der Waals surface area contributed by atoms with E-state index in [0.717, 1.165) is 0 Å². The molecule has 0 saturated carbocycles. The van der Waals surface area contributed by atoms with Gasteiger partial charge in [-0.1, -0.05) is 19.1 Å². The number of carbonyl (C=O) groups is 1. The molecule has 0 aliphatic rings. The SMILES string of the molecule is CC(=O)Nc1cn(CC(C)(C)CN)nn1. The van der Waals surface area contributed by atoms with Crippen LogP contribution in [0.2, 0.25) is 0 Å². The first-order chi connectivity index (χ1) is 6.93. The van der Waals surface area contributed by atoms with Crippen molar-refractivity contribution in [2.45, 2.75) is 27.3 Å². The average molecular weight is 211 g/mol. The summed E-state index contributed by atoms with van der Waals surface area (Å²) in [6, 6.07) is 0. The second-order valence-corrected chi connectivity index (χ2v) is 4.35. The fraction of sp³-hybridized carbons (Fsp3) is 0.667. The highest BCUT2D eigenvalue weighted by molar-refractivity contribution is 5.87. The van der Waals surface area contributed by atoms with Gasteiger partial charge < -0.3 is 11.1 Å². The molecule has 1 amide bonds. The first-order valence-corrected chi connectivity index (χ1v) is 4.81. The smallest absolute Gasteiger partial charge is 0.222 e. The van der Waals surface area contributed by atoms with Crippen molar-refractivity contribution in [3.05, 3.63) is 6.20 Å². The third-order valence-corrected chi connectivity index (χ3v) is 1.99. The van der Waals surface area contributed by atoms with E-state index >= 15 is 0 Å². The topological polar surface area (TPSA) is 85.8 Å². The molecule has 0 radical (unpaired) electrons. The molecule has 1 heterocycles. The molecule has 1 rings (SSSR count). The van der Waals surface area contributed by atoms with Gasteiger partial charge in [0.15, 0.2) is 5.82 Å². The minimum absolute atomic E-state index is 0.0266. The fourth-order valence-electron chi connectivity index (χ4n) is 1.12. The Labute approximate surface area is 88.8 Å². The predicted molar refractivity (Wildman–Crippen MR) is 57.2 cm³/mol. The van der Waals surface area contributed by atoms with Crippen LogP contribution in [0.4, 0.5) is 5.82 Å². The van der Waals surface area contributed by atoms with Gasteiger partial charge in [-0.25, -0.2) is 4.68 Å². The first-order valence-electron chi connectivity index (χ1n) is 4.81. The van der Waals surface area contributed by atoms with Crippen molar-refractivity contribution in [3.8, 4) is 0 Å². The predicted octanol–water partition coefficient (Wildman–Crippen LogP) is 0.221. The van der Waals surface area contributed by atoms with Crippen molar-refractivity contribution in [2.75, 3.05) is 11.9 Å². The van der Waals surface area contributed by atoms with Crippen LogP contribution < -0.4 is 11.1 Å². The van der Waals surface area contributed by atoms with Crippen LogP contribution in [0.3, 0.4) is 0 Å². The summed E-state index contributed by atoms with van der Waals surface area (Å²) < 4.78 is 1.68. The van der Waals surface area contributed by atoms with Gasteiger partial charge in [0.2, 0.25) is 5.91 Å². The zero-order valence-corrected chi connectivity index (χ0v) is 9.32. The lowest BCUT2D eigenvalue weighted by atomic mass is 9.94. The number of carbonyl (C=O) groups excluding carboxylic acids is 1. The van der Waals surface area contributed by atoms with E-state index in [1.165, 1.54) is 6.92 Å². The largest absolute Gasteiger partial charge is 0.330 e. The van der Waals surface area contributed by atoms with Gasteiger partial charge in [-0.2, -0.15) is 0 Å². The number of aromatic nitrogens is 3. The van der Waals surface area contributed by atoms with E-state index in [4.69, 9.17) is 5.73 Å². The molecule has 6 heteroatoms. The van der Waals surface area contributed by atoms with Crippen LogP contribution in [0.5, 0.6) is 0 Å². The van der Waals surface area contributed by atoms with Crippen molar-refractivity contribution >= 4 is 11.7 Å². The summed E-state index contributed by atoms with van der Waals surface area (Å²) in [5.74, 6) is 0.315. The Morgan fingerprint density at radius 1 is 1.67 bits per heavy atom. The summed E-state index contributed by atoms with van der Waals surface area (Å²) >= 11 is 0. The van der Waals surface area contributed by atoms with Gasteiger partial charge in [0, 0.05) is 13.5 Å². The number of hydrogen-bond acceptors (Lipinski definition) is 4. The minimum atomic E-state index is -0.153. The molecule has 0 bridgehead atoms. The Kier molecular flexibility index (Phi) is 3.41. The van der Waals surface area contributed by atoms with Crippen LogP contribution in [0, 0.1) is 5.41 Å². The van der Waals surface area contributed by atoms with Crippen LogP contribution in [-0.4, -0.2) is 27.4 Å². The maximum Gasteiger partial charge on any atom is 0.222 e. The molecule has 0 fully saturated rings. The van der Waals surface area contributed by atoms with Gasteiger partial charge >= 0.3 is 0 Å². The van der Waals surface area contributed by atoms with Crippen molar-refractivity contribution in [2.24, 2.45) is 11.1 Å². The number of amides is 1. The number of hydrogen-bond donors (Lipinski definition) is 2.